The molecule has 1 heterocycles. The first-order valence-electron chi connectivity index (χ1n) is 9.61. The van der Waals surface area contributed by atoms with E-state index in [1.807, 2.05) is 90.7 Å². The summed E-state index contributed by atoms with van der Waals surface area (Å²) in [6.07, 6.45) is 3.90. The second-order valence-electron chi connectivity index (χ2n) is 7.20. The summed E-state index contributed by atoms with van der Waals surface area (Å²) in [5, 5.41) is 0. The molecule has 3 heteroatoms. The molecular weight excluding hydrogens is 358 g/mol. The smallest absolute Gasteiger partial charge is 0.262 e. The number of methoxy groups -OCH3 is 1. The van der Waals surface area contributed by atoms with E-state index in [4.69, 9.17) is 4.74 Å². The Labute approximate surface area is 171 Å². The van der Waals surface area contributed by atoms with Crippen molar-refractivity contribution in [2.45, 2.75) is 13.8 Å². The van der Waals surface area contributed by atoms with Gasteiger partial charge in [-0.2, -0.15) is 0 Å². The van der Waals surface area contributed by atoms with Gasteiger partial charge in [-0.05, 0) is 60.9 Å². The summed E-state index contributed by atoms with van der Waals surface area (Å²) in [5.74, 6) is 0.772. The summed E-state index contributed by atoms with van der Waals surface area (Å²) in [6.45, 7) is 4.11. The van der Waals surface area contributed by atoms with Crippen LogP contribution in [0.2, 0.25) is 0 Å². The second-order valence-corrected chi connectivity index (χ2v) is 7.20. The molecule has 1 aliphatic heterocycles. The monoisotopic (exact) mass is 381 g/mol. The number of aryl methyl sites for hydroxylation is 2. The van der Waals surface area contributed by atoms with Gasteiger partial charge in [-0.1, -0.05) is 60.2 Å². The van der Waals surface area contributed by atoms with Gasteiger partial charge >= 0.3 is 0 Å². The highest BCUT2D eigenvalue weighted by Gasteiger charge is 2.31. The lowest BCUT2D eigenvalue weighted by molar-refractivity contribution is -0.113. The van der Waals surface area contributed by atoms with Crippen LogP contribution in [-0.2, 0) is 4.79 Å². The Morgan fingerprint density at radius 2 is 1.62 bits per heavy atom. The number of ether oxygens (including phenoxy) is 1. The van der Waals surface area contributed by atoms with E-state index in [1.54, 1.807) is 7.11 Å². The summed E-state index contributed by atoms with van der Waals surface area (Å²) >= 11 is 0. The zero-order valence-electron chi connectivity index (χ0n) is 16.8. The molecule has 0 aromatic heterocycles. The minimum absolute atomic E-state index is 0.0216. The predicted octanol–water partition coefficient (Wildman–Crippen LogP) is 5.78. The minimum atomic E-state index is -0.0216. The van der Waals surface area contributed by atoms with Crippen LogP contribution >= 0.6 is 0 Å². The maximum absolute atomic E-state index is 13.4. The van der Waals surface area contributed by atoms with E-state index >= 15 is 0 Å². The number of carbonyl (C=O) groups excluding carboxylic acids is 1. The van der Waals surface area contributed by atoms with Gasteiger partial charge in [0.05, 0.1) is 18.5 Å². The zero-order chi connectivity index (χ0) is 20.4. The van der Waals surface area contributed by atoms with Crippen molar-refractivity contribution in [1.29, 1.82) is 0 Å². The highest BCUT2D eigenvalue weighted by Crippen LogP contribution is 2.37. The van der Waals surface area contributed by atoms with Gasteiger partial charge in [0.15, 0.2) is 0 Å². The molecular formula is C26H23NO2. The van der Waals surface area contributed by atoms with Crippen LogP contribution in [-0.4, -0.2) is 13.0 Å². The molecule has 0 unspecified atom stereocenters. The average molecular weight is 381 g/mol. The van der Waals surface area contributed by atoms with Crippen LogP contribution < -0.4 is 9.64 Å². The standard InChI is InChI=1S/C26H23NO2/c1-18-9-14-24(19(2)15-18)27-25(21-7-5-4-6-8-21)17-22(26(27)28)16-20-10-12-23(29-3)13-11-20/h4-17H,1-3H3. The Bertz CT molecular complexity index is 1110. The normalized spacial score (nSPS) is 15.0. The number of anilines is 1. The Balaban J connectivity index is 1.81. The van der Waals surface area contributed by atoms with Gasteiger partial charge < -0.3 is 4.74 Å². The van der Waals surface area contributed by atoms with Crippen LogP contribution in [0.3, 0.4) is 0 Å². The van der Waals surface area contributed by atoms with Crippen LogP contribution in [0.4, 0.5) is 5.69 Å². The van der Waals surface area contributed by atoms with Crippen molar-refractivity contribution in [3.05, 3.63) is 107 Å². The fraction of sp³-hybridized carbons (Fsp3) is 0.115. The van der Waals surface area contributed by atoms with Crippen molar-refractivity contribution in [1.82, 2.24) is 0 Å². The Hall–Kier alpha value is -3.59. The number of benzene rings is 3. The lowest BCUT2D eigenvalue weighted by Gasteiger charge is -2.23. The summed E-state index contributed by atoms with van der Waals surface area (Å²) in [7, 11) is 1.64. The maximum Gasteiger partial charge on any atom is 0.262 e. The van der Waals surface area contributed by atoms with Gasteiger partial charge in [0.1, 0.15) is 5.75 Å². The number of carbonyl (C=O) groups is 1. The quantitative estimate of drug-likeness (QED) is 0.536. The fourth-order valence-corrected chi connectivity index (χ4v) is 3.61. The Morgan fingerprint density at radius 3 is 2.28 bits per heavy atom. The lowest BCUT2D eigenvalue weighted by Crippen LogP contribution is -2.25. The topological polar surface area (TPSA) is 29.5 Å². The van der Waals surface area contributed by atoms with E-state index in [0.29, 0.717) is 5.57 Å². The van der Waals surface area contributed by atoms with Crippen molar-refractivity contribution in [3.8, 4) is 5.75 Å². The van der Waals surface area contributed by atoms with Crippen molar-refractivity contribution < 1.29 is 9.53 Å². The first kappa shape index (κ1) is 18.8. The summed E-state index contributed by atoms with van der Waals surface area (Å²) in [6, 6.07) is 23.9. The molecule has 3 aromatic rings. The van der Waals surface area contributed by atoms with Gasteiger partial charge in [0, 0.05) is 5.57 Å². The summed E-state index contributed by atoms with van der Waals surface area (Å²) in [5.41, 5.74) is 6.69. The fourth-order valence-electron chi connectivity index (χ4n) is 3.61. The van der Waals surface area contributed by atoms with Crippen molar-refractivity contribution in [3.63, 3.8) is 0 Å². The van der Waals surface area contributed by atoms with Gasteiger partial charge in [0.25, 0.3) is 5.91 Å². The van der Waals surface area contributed by atoms with Gasteiger partial charge in [-0.15, -0.1) is 0 Å². The molecule has 144 valence electrons. The minimum Gasteiger partial charge on any atom is -0.497 e. The van der Waals surface area contributed by atoms with Crippen LogP contribution in [0, 0.1) is 13.8 Å². The molecule has 0 aliphatic carbocycles. The second kappa shape index (κ2) is 7.80. The SMILES string of the molecule is COc1ccc(C=C2C=C(c3ccccc3)N(c3ccc(C)cc3C)C2=O)cc1. The molecule has 0 N–H and O–H groups in total. The highest BCUT2D eigenvalue weighted by atomic mass is 16.5. The van der Waals surface area contributed by atoms with Gasteiger partial charge in [0.2, 0.25) is 0 Å². The third-order valence-corrected chi connectivity index (χ3v) is 5.08. The van der Waals surface area contributed by atoms with Gasteiger partial charge in [-0.3, -0.25) is 9.69 Å². The summed E-state index contributed by atoms with van der Waals surface area (Å²) < 4.78 is 5.23. The number of rotatable bonds is 4. The highest BCUT2D eigenvalue weighted by molar-refractivity contribution is 6.23. The van der Waals surface area contributed by atoms with Gasteiger partial charge in [-0.25, -0.2) is 0 Å². The zero-order valence-corrected chi connectivity index (χ0v) is 16.8. The van der Waals surface area contributed by atoms with E-state index in [1.165, 1.54) is 5.56 Å². The molecule has 0 saturated carbocycles. The Kier molecular flexibility index (Phi) is 5.05. The number of amides is 1. The average Bonchev–Trinajstić information content (AvgIpc) is 3.05. The lowest BCUT2D eigenvalue weighted by atomic mass is 10.1. The van der Waals surface area contributed by atoms with Crippen LogP contribution in [0.25, 0.3) is 11.8 Å². The molecule has 29 heavy (non-hydrogen) atoms. The molecule has 3 nitrogen and oxygen atoms in total. The van der Waals surface area contributed by atoms with E-state index in [2.05, 4.69) is 13.0 Å². The molecule has 0 saturated heterocycles. The molecule has 0 fully saturated rings. The van der Waals surface area contributed by atoms with Crippen molar-refractivity contribution in [2.24, 2.45) is 0 Å². The van der Waals surface area contributed by atoms with E-state index in [-0.39, 0.29) is 5.91 Å². The molecule has 0 atom stereocenters. The van der Waals surface area contributed by atoms with Crippen molar-refractivity contribution >= 4 is 23.4 Å². The first-order chi connectivity index (χ1) is 14.1. The molecule has 0 bridgehead atoms. The van der Waals surface area contributed by atoms with Crippen LogP contribution in [0.1, 0.15) is 22.3 Å². The third kappa shape index (κ3) is 3.72. The van der Waals surface area contributed by atoms with Crippen molar-refractivity contribution in [2.75, 3.05) is 12.0 Å². The first-order valence-corrected chi connectivity index (χ1v) is 9.61. The van der Waals surface area contributed by atoms with E-state index in [9.17, 15) is 4.79 Å². The van der Waals surface area contributed by atoms with Crippen LogP contribution in [0.15, 0.2) is 84.4 Å². The maximum atomic E-state index is 13.4. The van der Waals surface area contributed by atoms with E-state index in [0.717, 1.165) is 33.8 Å². The van der Waals surface area contributed by atoms with Crippen LogP contribution in [0.5, 0.6) is 5.75 Å². The Morgan fingerprint density at radius 1 is 0.897 bits per heavy atom. The molecule has 4 rings (SSSR count). The molecule has 1 amide bonds. The predicted molar refractivity (Wildman–Crippen MR) is 119 cm³/mol. The van der Waals surface area contributed by atoms with E-state index < -0.39 is 0 Å². The summed E-state index contributed by atoms with van der Waals surface area (Å²) in [4.78, 5) is 15.3. The molecule has 0 spiro atoms. The largest absolute Gasteiger partial charge is 0.497 e. The number of hydrogen-bond donors (Lipinski definition) is 0. The third-order valence-electron chi connectivity index (χ3n) is 5.08. The molecule has 3 aromatic carbocycles. The number of hydrogen-bond acceptors (Lipinski definition) is 2. The molecule has 1 aliphatic rings. The molecule has 0 radical (unpaired) electrons. The number of nitrogens with zero attached hydrogens (tertiary/aromatic N) is 1.